The van der Waals surface area contributed by atoms with E-state index in [4.69, 9.17) is 4.52 Å². The lowest BCUT2D eigenvalue weighted by Gasteiger charge is -1.97. The minimum atomic E-state index is -0.285. The highest BCUT2D eigenvalue weighted by molar-refractivity contribution is 7.16. The van der Waals surface area contributed by atoms with Crippen LogP contribution in [0.2, 0.25) is 0 Å². The van der Waals surface area contributed by atoms with E-state index >= 15 is 0 Å². The molecule has 3 heterocycles. The molecule has 0 aliphatic heterocycles. The van der Waals surface area contributed by atoms with Crippen molar-refractivity contribution >= 4 is 16.3 Å². The first kappa shape index (κ1) is 14.0. The van der Waals surface area contributed by atoms with Crippen LogP contribution in [-0.2, 0) is 6.42 Å². The van der Waals surface area contributed by atoms with Gasteiger partial charge in [-0.15, -0.1) is 10.2 Å². The van der Waals surface area contributed by atoms with Gasteiger partial charge in [0.15, 0.2) is 5.82 Å². The summed E-state index contributed by atoms with van der Waals surface area (Å²) in [5.41, 5.74) is 2.68. The topological polar surface area (TPSA) is 69.1 Å². The van der Waals surface area contributed by atoms with Crippen molar-refractivity contribution in [1.29, 1.82) is 0 Å². The highest BCUT2D eigenvalue weighted by Crippen LogP contribution is 2.24. The van der Waals surface area contributed by atoms with Gasteiger partial charge in [-0.2, -0.15) is 9.61 Å². The zero-order valence-electron chi connectivity index (χ0n) is 12.4. The van der Waals surface area contributed by atoms with Crippen LogP contribution in [0, 0.1) is 19.7 Å². The largest absolute Gasteiger partial charge is 0.361 e. The predicted octanol–water partition coefficient (Wildman–Crippen LogP) is 3.19. The second-order valence-electron chi connectivity index (χ2n) is 5.20. The lowest BCUT2D eigenvalue weighted by molar-refractivity contribution is 0.392. The summed E-state index contributed by atoms with van der Waals surface area (Å²) in [7, 11) is 0. The summed E-state index contributed by atoms with van der Waals surface area (Å²) in [5.74, 6) is 1.11. The number of halogens is 1. The van der Waals surface area contributed by atoms with Gasteiger partial charge in [0.2, 0.25) is 4.96 Å². The Morgan fingerprint density at radius 2 is 1.96 bits per heavy atom. The summed E-state index contributed by atoms with van der Waals surface area (Å²) < 4.78 is 19.9. The molecule has 0 N–H and O–H groups in total. The molecule has 0 bridgehead atoms. The van der Waals surface area contributed by atoms with E-state index in [9.17, 15) is 4.39 Å². The Kier molecular flexibility index (Phi) is 3.19. The van der Waals surface area contributed by atoms with Gasteiger partial charge in [-0.05, 0) is 38.1 Å². The molecule has 6 nitrogen and oxygen atoms in total. The van der Waals surface area contributed by atoms with Gasteiger partial charge in [0.1, 0.15) is 16.6 Å². The minimum Gasteiger partial charge on any atom is -0.361 e. The zero-order valence-corrected chi connectivity index (χ0v) is 13.3. The van der Waals surface area contributed by atoms with Crippen molar-refractivity contribution in [2.24, 2.45) is 0 Å². The maximum atomic E-state index is 13.1. The lowest BCUT2D eigenvalue weighted by Crippen LogP contribution is -1.95. The molecule has 1 aromatic carbocycles. The molecular formula is C15H12FN5OS. The van der Waals surface area contributed by atoms with Crippen LogP contribution in [0.5, 0.6) is 0 Å². The van der Waals surface area contributed by atoms with Crippen molar-refractivity contribution in [3.8, 4) is 11.4 Å². The standard InChI is InChI=1S/C15H12FN5OS/c1-8-12(9(2)22-20-8)7-13-19-21-14(17-18-15(21)23-13)10-3-5-11(16)6-4-10/h3-6H,7H2,1-2H3. The third-order valence-corrected chi connectivity index (χ3v) is 4.54. The fraction of sp³-hybridized carbons (Fsp3) is 0.200. The average molecular weight is 329 g/mol. The van der Waals surface area contributed by atoms with E-state index < -0.39 is 0 Å². The third-order valence-electron chi connectivity index (χ3n) is 3.64. The SMILES string of the molecule is Cc1noc(C)c1Cc1nn2c(-c3ccc(F)cc3)nnc2s1. The Labute approximate surface area is 134 Å². The number of rotatable bonds is 3. The minimum absolute atomic E-state index is 0.285. The van der Waals surface area contributed by atoms with Crippen molar-refractivity contribution in [3.05, 3.63) is 52.1 Å². The molecule has 0 aliphatic rings. The molecule has 0 saturated carbocycles. The number of nitrogens with zero attached hydrogens (tertiary/aromatic N) is 5. The van der Waals surface area contributed by atoms with Crippen LogP contribution in [0.4, 0.5) is 4.39 Å². The Hall–Kier alpha value is -2.61. The summed E-state index contributed by atoms with van der Waals surface area (Å²) >= 11 is 1.47. The van der Waals surface area contributed by atoms with E-state index in [1.807, 2.05) is 13.8 Å². The quantitative estimate of drug-likeness (QED) is 0.577. The molecule has 116 valence electrons. The molecule has 8 heteroatoms. The number of benzene rings is 1. The predicted molar refractivity (Wildman–Crippen MR) is 82.8 cm³/mol. The lowest BCUT2D eigenvalue weighted by atomic mass is 10.1. The normalized spacial score (nSPS) is 11.4. The number of aryl methyl sites for hydroxylation is 2. The molecule has 23 heavy (non-hydrogen) atoms. The first-order chi connectivity index (χ1) is 11.1. The van der Waals surface area contributed by atoms with Gasteiger partial charge >= 0.3 is 0 Å². The summed E-state index contributed by atoms with van der Waals surface area (Å²) in [6.45, 7) is 3.80. The van der Waals surface area contributed by atoms with Gasteiger partial charge in [-0.1, -0.05) is 16.5 Å². The van der Waals surface area contributed by atoms with Crippen molar-refractivity contribution in [2.45, 2.75) is 20.3 Å². The monoisotopic (exact) mass is 329 g/mol. The van der Waals surface area contributed by atoms with E-state index in [2.05, 4.69) is 20.5 Å². The van der Waals surface area contributed by atoms with Crippen molar-refractivity contribution in [1.82, 2.24) is 25.0 Å². The maximum Gasteiger partial charge on any atom is 0.234 e. The fourth-order valence-corrected chi connectivity index (χ4v) is 3.26. The first-order valence-corrected chi connectivity index (χ1v) is 7.82. The van der Waals surface area contributed by atoms with Gasteiger partial charge in [-0.25, -0.2) is 4.39 Å². The average Bonchev–Trinajstić information content (AvgIpc) is 3.19. The van der Waals surface area contributed by atoms with E-state index in [1.54, 1.807) is 16.6 Å². The van der Waals surface area contributed by atoms with Gasteiger partial charge in [0, 0.05) is 17.5 Å². The van der Waals surface area contributed by atoms with Crippen molar-refractivity contribution < 1.29 is 8.91 Å². The van der Waals surface area contributed by atoms with Gasteiger partial charge in [-0.3, -0.25) is 0 Å². The second-order valence-corrected chi connectivity index (χ2v) is 6.24. The Bertz CT molecular complexity index is 966. The highest BCUT2D eigenvalue weighted by atomic mass is 32.1. The van der Waals surface area contributed by atoms with Crippen molar-refractivity contribution in [2.75, 3.05) is 0 Å². The molecule has 0 fully saturated rings. The van der Waals surface area contributed by atoms with Gasteiger partial charge in [0.05, 0.1) is 5.69 Å². The van der Waals surface area contributed by atoms with Crippen LogP contribution in [0.3, 0.4) is 0 Å². The summed E-state index contributed by atoms with van der Waals surface area (Å²) in [4.78, 5) is 0.700. The van der Waals surface area contributed by atoms with Gasteiger partial charge in [0.25, 0.3) is 0 Å². The second kappa shape index (κ2) is 5.24. The summed E-state index contributed by atoms with van der Waals surface area (Å²) in [5, 5.41) is 17.7. The van der Waals surface area contributed by atoms with Crippen LogP contribution < -0.4 is 0 Å². The molecule has 0 spiro atoms. The number of aromatic nitrogens is 5. The fourth-order valence-electron chi connectivity index (χ4n) is 2.41. The molecule has 0 atom stereocenters. The van der Waals surface area contributed by atoms with Crippen LogP contribution >= 0.6 is 11.3 Å². The summed E-state index contributed by atoms with van der Waals surface area (Å²) in [6, 6.07) is 6.12. The summed E-state index contributed by atoms with van der Waals surface area (Å²) in [6.07, 6.45) is 0.637. The third kappa shape index (κ3) is 2.40. The highest BCUT2D eigenvalue weighted by Gasteiger charge is 2.16. The van der Waals surface area contributed by atoms with Gasteiger partial charge < -0.3 is 4.52 Å². The molecule has 0 amide bonds. The van der Waals surface area contributed by atoms with Crippen molar-refractivity contribution in [3.63, 3.8) is 0 Å². The molecular weight excluding hydrogens is 317 g/mol. The molecule has 0 radical (unpaired) electrons. The van der Waals surface area contributed by atoms with E-state index in [0.29, 0.717) is 17.2 Å². The number of fused-ring (bicyclic) bond motifs is 1. The van der Waals surface area contributed by atoms with Crippen LogP contribution in [0.1, 0.15) is 22.0 Å². The maximum absolute atomic E-state index is 13.1. The molecule has 3 aromatic heterocycles. The molecule has 4 rings (SSSR count). The number of hydrogen-bond donors (Lipinski definition) is 0. The molecule has 0 saturated heterocycles. The molecule has 0 aliphatic carbocycles. The first-order valence-electron chi connectivity index (χ1n) is 7.00. The number of hydrogen-bond acceptors (Lipinski definition) is 6. The smallest absolute Gasteiger partial charge is 0.234 e. The van der Waals surface area contributed by atoms with E-state index in [-0.39, 0.29) is 5.82 Å². The van der Waals surface area contributed by atoms with E-state index in [1.165, 1.54) is 23.5 Å². The van der Waals surface area contributed by atoms with Crippen LogP contribution in [-0.4, -0.2) is 25.0 Å². The molecule has 4 aromatic rings. The molecule has 0 unspecified atom stereocenters. The Balaban J connectivity index is 1.73. The van der Waals surface area contributed by atoms with Crippen LogP contribution in [0.15, 0.2) is 28.8 Å². The van der Waals surface area contributed by atoms with E-state index in [0.717, 1.165) is 27.6 Å². The Morgan fingerprint density at radius 1 is 1.17 bits per heavy atom. The van der Waals surface area contributed by atoms with Crippen LogP contribution in [0.25, 0.3) is 16.3 Å². The Morgan fingerprint density at radius 3 is 2.65 bits per heavy atom. The zero-order chi connectivity index (χ0) is 16.0.